The Balaban J connectivity index is 3.07. The molecule has 84 valence electrons. The van der Waals surface area contributed by atoms with Gasteiger partial charge in [-0.05, 0) is 32.4 Å². The van der Waals surface area contributed by atoms with Crippen molar-refractivity contribution in [2.24, 2.45) is 0 Å². The number of rotatable bonds is 4. The van der Waals surface area contributed by atoms with Gasteiger partial charge in [0.15, 0.2) is 0 Å². The average molecular weight is 207 g/mol. The van der Waals surface area contributed by atoms with Gasteiger partial charge in [-0.15, -0.1) is 0 Å². The van der Waals surface area contributed by atoms with E-state index >= 15 is 0 Å². The number of nitrogens with one attached hydrogen (secondary N) is 1. The van der Waals surface area contributed by atoms with Gasteiger partial charge in [0.1, 0.15) is 5.82 Å². The SMILES string of the molecule is CCc1nc(C)c(C(C)CNC)c(C)n1. The van der Waals surface area contributed by atoms with Crippen molar-refractivity contribution in [3.05, 3.63) is 22.8 Å². The molecule has 15 heavy (non-hydrogen) atoms. The van der Waals surface area contributed by atoms with Crippen LogP contribution in [0.25, 0.3) is 0 Å². The van der Waals surface area contributed by atoms with Crippen molar-refractivity contribution in [1.29, 1.82) is 0 Å². The molecule has 0 fully saturated rings. The third kappa shape index (κ3) is 2.75. The van der Waals surface area contributed by atoms with Crippen LogP contribution in [0, 0.1) is 13.8 Å². The summed E-state index contributed by atoms with van der Waals surface area (Å²) in [7, 11) is 1.97. The number of hydrogen-bond donors (Lipinski definition) is 1. The van der Waals surface area contributed by atoms with Gasteiger partial charge in [0, 0.05) is 24.4 Å². The van der Waals surface area contributed by atoms with Crippen LogP contribution in [0.15, 0.2) is 0 Å². The summed E-state index contributed by atoms with van der Waals surface area (Å²) in [5.74, 6) is 1.42. The van der Waals surface area contributed by atoms with E-state index in [4.69, 9.17) is 0 Å². The zero-order chi connectivity index (χ0) is 11.4. The third-order valence-corrected chi connectivity index (χ3v) is 2.69. The average Bonchev–Trinajstić information content (AvgIpc) is 2.16. The first kappa shape index (κ1) is 12.1. The van der Waals surface area contributed by atoms with Gasteiger partial charge in [0.05, 0.1) is 0 Å². The Morgan fingerprint density at radius 3 is 2.13 bits per heavy atom. The van der Waals surface area contributed by atoms with Crippen LogP contribution < -0.4 is 5.32 Å². The molecule has 0 saturated heterocycles. The highest BCUT2D eigenvalue weighted by Crippen LogP contribution is 2.20. The van der Waals surface area contributed by atoms with Crippen LogP contribution in [0.2, 0.25) is 0 Å². The van der Waals surface area contributed by atoms with Gasteiger partial charge in [-0.25, -0.2) is 9.97 Å². The topological polar surface area (TPSA) is 37.8 Å². The van der Waals surface area contributed by atoms with E-state index in [0.717, 1.165) is 30.2 Å². The molecule has 1 atom stereocenters. The normalized spacial score (nSPS) is 12.9. The maximum Gasteiger partial charge on any atom is 0.128 e. The Morgan fingerprint density at radius 1 is 1.20 bits per heavy atom. The van der Waals surface area contributed by atoms with Crippen LogP contribution in [0.5, 0.6) is 0 Å². The Labute approximate surface area is 92.3 Å². The first-order chi connectivity index (χ1) is 7.10. The summed E-state index contributed by atoms with van der Waals surface area (Å²) >= 11 is 0. The van der Waals surface area contributed by atoms with Crippen LogP contribution in [-0.4, -0.2) is 23.6 Å². The second-order valence-electron chi connectivity index (χ2n) is 4.04. The van der Waals surface area contributed by atoms with Gasteiger partial charge < -0.3 is 5.32 Å². The molecule has 0 radical (unpaired) electrons. The molecule has 1 heterocycles. The molecule has 0 spiro atoms. The molecule has 3 nitrogen and oxygen atoms in total. The van der Waals surface area contributed by atoms with Gasteiger partial charge in [-0.2, -0.15) is 0 Å². The first-order valence-corrected chi connectivity index (χ1v) is 5.58. The molecular formula is C12H21N3. The fraction of sp³-hybridized carbons (Fsp3) is 0.667. The molecule has 0 saturated carbocycles. The van der Waals surface area contributed by atoms with Crippen molar-refractivity contribution in [2.45, 2.75) is 40.0 Å². The van der Waals surface area contributed by atoms with Gasteiger partial charge >= 0.3 is 0 Å². The van der Waals surface area contributed by atoms with Crippen molar-refractivity contribution >= 4 is 0 Å². The Kier molecular flexibility index (Phi) is 4.21. The second kappa shape index (κ2) is 5.21. The van der Waals surface area contributed by atoms with E-state index in [1.165, 1.54) is 5.56 Å². The van der Waals surface area contributed by atoms with E-state index in [0.29, 0.717) is 5.92 Å². The third-order valence-electron chi connectivity index (χ3n) is 2.69. The lowest BCUT2D eigenvalue weighted by molar-refractivity contribution is 0.658. The second-order valence-corrected chi connectivity index (χ2v) is 4.04. The van der Waals surface area contributed by atoms with Gasteiger partial charge in [-0.3, -0.25) is 0 Å². The molecule has 1 rings (SSSR count). The fourth-order valence-corrected chi connectivity index (χ4v) is 2.07. The van der Waals surface area contributed by atoms with E-state index in [1.807, 2.05) is 7.05 Å². The summed E-state index contributed by atoms with van der Waals surface area (Å²) in [6, 6.07) is 0. The maximum absolute atomic E-state index is 4.52. The lowest BCUT2D eigenvalue weighted by Gasteiger charge is -2.16. The molecule has 1 aromatic rings. The van der Waals surface area contributed by atoms with Crippen LogP contribution in [0.3, 0.4) is 0 Å². The number of aryl methyl sites for hydroxylation is 3. The summed E-state index contributed by atoms with van der Waals surface area (Å²) in [6.07, 6.45) is 0.905. The number of likely N-dealkylation sites (N-methyl/N-ethyl adjacent to an activating group) is 1. The molecule has 0 aliphatic heterocycles. The van der Waals surface area contributed by atoms with Crippen molar-refractivity contribution in [1.82, 2.24) is 15.3 Å². The predicted molar refractivity (Wildman–Crippen MR) is 63.2 cm³/mol. The number of nitrogens with zero attached hydrogens (tertiary/aromatic N) is 2. The Morgan fingerprint density at radius 2 is 1.73 bits per heavy atom. The Bertz CT molecular complexity index is 311. The number of aromatic nitrogens is 2. The molecule has 1 N–H and O–H groups in total. The molecule has 3 heteroatoms. The smallest absolute Gasteiger partial charge is 0.128 e. The molecule has 0 aliphatic rings. The summed E-state index contributed by atoms with van der Waals surface area (Å²) in [4.78, 5) is 9.03. The molecule has 0 aromatic carbocycles. The summed E-state index contributed by atoms with van der Waals surface area (Å²) in [5, 5.41) is 3.19. The molecule has 0 bridgehead atoms. The zero-order valence-corrected chi connectivity index (χ0v) is 10.4. The van der Waals surface area contributed by atoms with Crippen LogP contribution in [0.4, 0.5) is 0 Å². The van der Waals surface area contributed by atoms with Crippen molar-refractivity contribution in [2.75, 3.05) is 13.6 Å². The summed E-state index contributed by atoms with van der Waals surface area (Å²) in [6.45, 7) is 9.42. The molecule has 0 aliphatic carbocycles. The first-order valence-electron chi connectivity index (χ1n) is 5.58. The Hall–Kier alpha value is -0.960. The number of hydrogen-bond acceptors (Lipinski definition) is 3. The molecule has 1 aromatic heterocycles. The van der Waals surface area contributed by atoms with Crippen LogP contribution >= 0.6 is 0 Å². The highest BCUT2D eigenvalue weighted by Gasteiger charge is 2.13. The summed E-state index contributed by atoms with van der Waals surface area (Å²) in [5.41, 5.74) is 3.55. The van der Waals surface area contributed by atoms with Crippen molar-refractivity contribution < 1.29 is 0 Å². The molecule has 1 unspecified atom stereocenters. The van der Waals surface area contributed by atoms with Crippen LogP contribution in [-0.2, 0) is 6.42 Å². The van der Waals surface area contributed by atoms with E-state index in [1.54, 1.807) is 0 Å². The zero-order valence-electron chi connectivity index (χ0n) is 10.4. The van der Waals surface area contributed by atoms with Crippen LogP contribution in [0.1, 0.15) is 42.5 Å². The van der Waals surface area contributed by atoms with E-state index in [2.05, 4.69) is 43.0 Å². The summed E-state index contributed by atoms with van der Waals surface area (Å²) < 4.78 is 0. The lowest BCUT2D eigenvalue weighted by Crippen LogP contribution is -2.18. The largest absolute Gasteiger partial charge is 0.319 e. The standard InChI is InChI=1S/C12H21N3/c1-6-11-14-9(3)12(10(4)15-11)8(2)7-13-5/h8,13H,6-7H2,1-5H3. The highest BCUT2D eigenvalue weighted by atomic mass is 14.9. The van der Waals surface area contributed by atoms with Crippen molar-refractivity contribution in [3.8, 4) is 0 Å². The maximum atomic E-state index is 4.52. The fourth-order valence-electron chi connectivity index (χ4n) is 2.07. The van der Waals surface area contributed by atoms with E-state index in [9.17, 15) is 0 Å². The highest BCUT2D eigenvalue weighted by molar-refractivity contribution is 5.28. The minimum absolute atomic E-state index is 0.473. The van der Waals surface area contributed by atoms with Gasteiger partial charge in [-0.1, -0.05) is 13.8 Å². The minimum Gasteiger partial charge on any atom is -0.319 e. The van der Waals surface area contributed by atoms with Crippen molar-refractivity contribution in [3.63, 3.8) is 0 Å². The van der Waals surface area contributed by atoms with E-state index < -0.39 is 0 Å². The molecular weight excluding hydrogens is 186 g/mol. The monoisotopic (exact) mass is 207 g/mol. The van der Waals surface area contributed by atoms with E-state index in [-0.39, 0.29) is 0 Å². The lowest BCUT2D eigenvalue weighted by atomic mass is 9.98. The predicted octanol–water partition coefficient (Wildman–Crippen LogP) is 1.98. The quantitative estimate of drug-likeness (QED) is 0.820. The van der Waals surface area contributed by atoms with Gasteiger partial charge in [0.2, 0.25) is 0 Å². The molecule has 0 amide bonds. The van der Waals surface area contributed by atoms with Gasteiger partial charge in [0.25, 0.3) is 0 Å². The minimum atomic E-state index is 0.473.